The van der Waals surface area contributed by atoms with Gasteiger partial charge in [0.1, 0.15) is 5.03 Å². The maximum atomic E-state index is 12.6. The van der Waals surface area contributed by atoms with Crippen molar-refractivity contribution in [2.24, 2.45) is 5.92 Å². The highest BCUT2D eigenvalue weighted by Crippen LogP contribution is 2.28. The van der Waals surface area contributed by atoms with Gasteiger partial charge in [-0.05, 0) is 62.3 Å². The predicted molar refractivity (Wildman–Crippen MR) is 126 cm³/mol. The molecule has 1 atom stereocenters. The Kier molecular flexibility index (Phi) is 8.96. The molecule has 8 heteroatoms. The largest absolute Gasteiger partial charge is 0.355 e. The fourth-order valence-corrected chi connectivity index (χ4v) is 4.58. The Bertz CT molecular complexity index is 798. The van der Waals surface area contributed by atoms with Crippen molar-refractivity contribution < 1.29 is 4.79 Å². The van der Waals surface area contributed by atoms with E-state index < -0.39 is 0 Å². The quantitative estimate of drug-likeness (QED) is 0.570. The molecule has 0 spiro atoms. The second kappa shape index (κ2) is 11.7. The van der Waals surface area contributed by atoms with Crippen LogP contribution in [0.2, 0.25) is 0 Å². The van der Waals surface area contributed by atoms with Gasteiger partial charge in [-0.2, -0.15) is 0 Å². The number of nitrogens with one attached hydrogen (secondary N) is 1. The highest BCUT2D eigenvalue weighted by Gasteiger charge is 2.26. The van der Waals surface area contributed by atoms with Crippen molar-refractivity contribution in [3.8, 4) is 0 Å². The van der Waals surface area contributed by atoms with E-state index in [1.807, 2.05) is 24.3 Å². The summed E-state index contributed by atoms with van der Waals surface area (Å²) in [6.07, 6.45) is 1.92. The Morgan fingerprint density at radius 2 is 1.97 bits per heavy atom. The van der Waals surface area contributed by atoms with Crippen molar-refractivity contribution in [3.05, 3.63) is 40.9 Å². The third-order valence-corrected chi connectivity index (χ3v) is 6.86. The fraction of sp³-hybridized carbons (Fsp3) is 0.500. The van der Waals surface area contributed by atoms with E-state index in [9.17, 15) is 4.79 Å². The monoisotopic (exact) mass is 491 g/mol. The number of rotatable bonds is 9. The van der Waals surface area contributed by atoms with E-state index in [2.05, 4.69) is 67.2 Å². The van der Waals surface area contributed by atoms with Crippen molar-refractivity contribution in [2.75, 3.05) is 44.2 Å². The summed E-state index contributed by atoms with van der Waals surface area (Å²) in [4.78, 5) is 18.2. The molecule has 1 amide bonds. The van der Waals surface area contributed by atoms with Gasteiger partial charge < -0.3 is 15.1 Å². The minimum absolute atomic E-state index is 0.00840. The molecular weight excluding hydrogens is 462 g/mol. The molecule has 162 valence electrons. The molecule has 0 saturated carbocycles. The topological polar surface area (TPSA) is 61.4 Å². The molecule has 1 N–H and O–H groups in total. The summed E-state index contributed by atoms with van der Waals surface area (Å²) in [5.41, 5.74) is 0. The maximum absolute atomic E-state index is 12.6. The molecule has 0 bridgehead atoms. The van der Waals surface area contributed by atoms with Gasteiger partial charge in [0, 0.05) is 35.5 Å². The van der Waals surface area contributed by atoms with Crippen LogP contribution < -0.4 is 10.2 Å². The standard InChI is InChI=1S/C22H30BrN5OS/c1-3-27(4-2)15-13-24-22(29)17-6-5-14-28(16-17)20-11-12-21(26-25-20)30-19-9-7-18(23)8-10-19/h7-12,17H,3-6,13-16H2,1-2H3,(H,24,29)/t17-/m1/s1. The number of nitrogens with zero attached hydrogens (tertiary/aromatic N) is 4. The van der Waals surface area contributed by atoms with Crippen LogP contribution in [0.3, 0.4) is 0 Å². The zero-order chi connectivity index (χ0) is 21.3. The van der Waals surface area contributed by atoms with E-state index in [1.54, 1.807) is 11.8 Å². The molecule has 30 heavy (non-hydrogen) atoms. The van der Waals surface area contributed by atoms with Gasteiger partial charge in [0.2, 0.25) is 5.91 Å². The molecule has 0 aliphatic carbocycles. The highest BCUT2D eigenvalue weighted by atomic mass is 79.9. The minimum Gasteiger partial charge on any atom is -0.355 e. The Labute approximate surface area is 191 Å². The number of hydrogen-bond acceptors (Lipinski definition) is 6. The molecule has 1 aliphatic heterocycles. The molecule has 1 aromatic carbocycles. The van der Waals surface area contributed by atoms with Crippen molar-refractivity contribution in [3.63, 3.8) is 0 Å². The third-order valence-electron chi connectivity index (χ3n) is 5.40. The van der Waals surface area contributed by atoms with E-state index in [4.69, 9.17) is 0 Å². The number of aromatic nitrogens is 2. The predicted octanol–water partition coefficient (Wildman–Crippen LogP) is 4.06. The zero-order valence-electron chi connectivity index (χ0n) is 17.7. The summed E-state index contributed by atoms with van der Waals surface area (Å²) in [7, 11) is 0. The highest BCUT2D eigenvalue weighted by molar-refractivity contribution is 9.10. The molecular formula is C22H30BrN5OS. The van der Waals surface area contributed by atoms with Crippen molar-refractivity contribution in [1.82, 2.24) is 20.4 Å². The van der Waals surface area contributed by atoms with Crippen LogP contribution >= 0.6 is 27.7 Å². The SMILES string of the molecule is CCN(CC)CCNC(=O)[C@@H]1CCCN(c2ccc(Sc3ccc(Br)cc3)nn2)C1. The molecule has 2 aromatic rings. The number of amides is 1. The lowest BCUT2D eigenvalue weighted by Crippen LogP contribution is -2.45. The van der Waals surface area contributed by atoms with Crippen LogP contribution in [0.15, 0.2) is 50.8 Å². The van der Waals surface area contributed by atoms with Gasteiger partial charge in [-0.1, -0.05) is 41.5 Å². The number of benzene rings is 1. The average molecular weight is 492 g/mol. The number of carbonyl (C=O) groups excluding carboxylic acids is 1. The molecule has 1 fully saturated rings. The summed E-state index contributed by atoms with van der Waals surface area (Å²) >= 11 is 5.04. The van der Waals surface area contributed by atoms with Crippen LogP contribution in [-0.2, 0) is 4.79 Å². The lowest BCUT2D eigenvalue weighted by Gasteiger charge is -2.32. The smallest absolute Gasteiger partial charge is 0.224 e. The van der Waals surface area contributed by atoms with Gasteiger partial charge >= 0.3 is 0 Å². The average Bonchev–Trinajstić information content (AvgIpc) is 2.79. The summed E-state index contributed by atoms with van der Waals surface area (Å²) in [6, 6.07) is 12.2. The van der Waals surface area contributed by atoms with Gasteiger partial charge in [-0.3, -0.25) is 4.79 Å². The van der Waals surface area contributed by atoms with E-state index >= 15 is 0 Å². The second-order valence-corrected chi connectivity index (χ2v) is 9.40. The molecule has 1 aliphatic rings. The summed E-state index contributed by atoms with van der Waals surface area (Å²) in [6.45, 7) is 9.54. The van der Waals surface area contributed by atoms with Crippen molar-refractivity contribution in [1.29, 1.82) is 0 Å². The lowest BCUT2D eigenvalue weighted by atomic mass is 9.97. The first-order chi connectivity index (χ1) is 14.6. The fourth-order valence-electron chi connectivity index (χ4n) is 3.58. The van der Waals surface area contributed by atoms with Gasteiger partial charge in [-0.25, -0.2) is 0 Å². The molecule has 1 saturated heterocycles. The van der Waals surface area contributed by atoms with Crippen molar-refractivity contribution >= 4 is 39.4 Å². The van der Waals surface area contributed by atoms with Gasteiger partial charge in [0.05, 0.1) is 5.92 Å². The van der Waals surface area contributed by atoms with E-state index in [0.29, 0.717) is 13.1 Å². The second-order valence-electron chi connectivity index (χ2n) is 7.39. The lowest BCUT2D eigenvalue weighted by molar-refractivity contribution is -0.125. The number of hydrogen-bond donors (Lipinski definition) is 1. The van der Waals surface area contributed by atoms with Gasteiger partial charge in [0.25, 0.3) is 0 Å². The minimum atomic E-state index is 0.00840. The Balaban J connectivity index is 1.52. The first kappa shape index (κ1) is 23.0. The molecule has 3 rings (SSSR count). The van der Waals surface area contributed by atoms with Crippen LogP contribution in [0.4, 0.5) is 5.82 Å². The molecule has 0 radical (unpaired) electrons. The van der Waals surface area contributed by atoms with Crippen LogP contribution in [0, 0.1) is 5.92 Å². The summed E-state index contributed by atoms with van der Waals surface area (Å²) < 4.78 is 1.06. The summed E-state index contributed by atoms with van der Waals surface area (Å²) in [5.74, 6) is 1.01. The molecule has 6 nitrogen and oxygen atoms in total. The van der Waals surface area contributed by atoms with Crippen molar-refractivity contribution in [2.45, 2.75) is 36.6 Å². The van der Waals surface area contributed by atoms with Gasteiger partial charge in [-0.15, -0.1) is 10.2 Å². The summed E-state index contributed by atoms with van der Waals surface area (Å²) in [5, 5.41) is 12.8. The number of likely N-dealkylation sites (N-methyl/N-ethyl adjacent to an activating group) is 1. The zero-order valence-corrected chi connectivity index (χ0v) is 20.1. The Hall–Kier alpha value is -1.64. The first-order valence-corrected chi connectivity index (χ1v) is 12.2. The number of halogens is 1. The van der Waals surface area contributed by atoms with Crippen LogP contribution in [-0.4, -0.2) is 60.3 Å². The maximum Gasteiger partial charge on any atom is 0.224 e. The number of anilines is 1. The Morgan fingerprint density at radius 3 is 2.63 bits per heavy atom. The molecule has 2 heterocycles. The Morgan fingerprint density at radius 1 is 1.20 bits per heavy atom. The van der Waals surface area contributed by atoms with Gasteiger partial charge in [0.15, 0.2) is 5.82 Å². The van der Waals surface area contributed by atoms with E-state index in [0.717, 1.165) is 59.2 Å². The first-order valence-electron chi connectivity index (χ1n) is 10.6. The third kappa shape index (κ3) is 6.68. The molecule has 1 aromatic heterocycles. The number of piperidine rings is 1. The molecule has 0 unspecified atom stereocenters. The van der Waals surface area contributed by atoms with E-state index in [1.165, 1.54) is 0 Å². The van der Waals surface area contributed by atoms with Crippen LogP contribution in [0.1, 0.15) is 26.7 Å². The van der Waals surface area contributed by atoms with Crippen LogP contribution in [0.5, 0.6) is 0 Å². The normalized spacial score (nSPS) is 16.7. The van der Waals surface area contributed by atoms with E-state index in [-0.39, 0.29) is 11.8 Å². The van der Waals surface area contributed by atoms with Crippen LogP contribution in [0.25, 0.3) is 0 Å². The number of carbonyl (C=O) groups is 1.